The molecule has 0 fully saturated rings. The number of hydrogen-bond donors (Lipinski definition) is 0. The van der Waals surface area contributed by atoms with Crippen molar-refractivity contribution in [2.75, 3.05) is 0 Å². The quantitative estimate of drug-likeness (QED) is 0.263. The maximum atomic E-state index is 11.1. The Morgan fingerprint density at radius 1 is 0.619 bits per heavy atom. The lowest BCUT2D eigenvalue weighted by atomic mass is 10.0. The zero-order valence-electron chi connectivity index (χ0n) is 14.6. The van der Waals surface area contributed by atoms with Gasteiger partial charge >= 0.3 is 0 Å². The van der Waals surface area contributed by atoms with E-state index in [4.69, 9.17) is 0 Å². The number of ketones is 1. The summed E-state index contributed by atoms with van der Waals surface area (Å²) in [5, 5.41) is 0. The van der Waals surface area contributed by atoms with Crippen molar-refractivity contribution in [1.29, 1.82) is 0 Å². The SMILES string of the molecule is [CH2]CC(=O)CCCCCCCCCCCCCCCCC. The minimum absolute atomic E-state index is 0.324. The summed E-state index contributed by atoms with van der Waals surface area (Å²) in [5.41, 5.74) is 0. The number of unbranched alkanes of at least 4 members (excludes halogenated alkanes) is 14. The second-order valence-electron chi connectivity index (χ2n) is 6.49. The minimum Gasteiger partial charge on any atom is -0.300 e. The Kier molecular flexibility index (Phi) is 17.4. The van der Waals surface area contributed by atoms with E-state index >= 15 is 0 Å². The molecule has 21 heavy (non-hydrogen) atoms. The predicted molar refractivity (Wildman–Crippen MR) is 94.5 cm³/mol. The van der Waals surface area contributed by atoms with Gasteiger partial charge in [0.05, 0.1) is 0 Å². The Morgan fingerprint density at radius 3 is 1.29 bits per heavy atom. The molecule has 0 rings (SSSR count). The molecular formula is C20H39O. The molecule has 0 N–H and O–H groups in total. The fourth-order valence-electron chi connectivity index (χ4n) is 2.82. The third-order valence-electron chi connectivity index (χ3n) is 4.34. The first-order valence-corrected chi connectivity index (χ1v) is 9.62. The van der Waals surface area contributed by atoms with Crippen LogP contribution in [0.5, 0.6) is 0 Å². The van der Waals surface area contributed by atoms with Crippen molar-refractivity contribution < 1.29 is 4.79 Å². The minimum atomic E-state index is 0.324. The average Bonchev–Trinajstić information content (AvgIpc) is 2.50. The summed E-state index contributed by atoms with van der Waals surface area (Å²) in [6, 6.07) is 0. The fourth-order valence-corrected chi connectivity index (χ4v) is 2.82. The van der Waals surface area contributed by atoms with Gasteiger partial charge in [-0.15, -0.1) is 0 Å². The van der Waals surface area contributed by atoms with Crippen LogP contribution in [0.2, 0.25) is 0 Å². The maximum Gasteiger partial charge on any atom is 0.132 e. The van der Waals surface area contributed by atoms with Crippen LogP contribution in [0.3, 0.4) is 0 Å². The zero-order chi connectivity index (χ0) is 15.6. The van der Waals surface area contributed by atoms with Gasteiger partial charge in [0.25, 0.3) is 0 Å². The Labute approximate surface area is 134 Å². The van der Waals surface area contributed by atoms with Crippen molar-refractivity contribution in [2.24, 2.45) is 0 Å². The molecule has 0 aliphatic heterocycles. The Hall–Kier alpha value is -0.330. The summed E-state index contributed by atoms with van der Waals surface area (Å²) in [6.07, 6.45) is 21.9. The molecular weight excluding hydrogens is 256 g/mol. The third-order valence-corrected chi connectivity index (χ3v) is 4.34. The molecule has 1 nitrogen and oxygen atoms in total. The molecule has 0 saturated carbocycles. The lowest BCUT2D eigenvalue weighted by molar-refractivity contribution is -0.118. The molecule has 0 aliphatic rings. The first-order valence-electron chi connectivity index (χ1n) is 9.62. The number of carbonyl (C=O) groups is 1. The Morgan fingerprint density at radius 2 is 0.952 bits per heavy atom. The second-order valence-corrected chi connectivity index (χ2v) is 6.49. The highest BCUT2D eigenvalue weighted by atomic mass is 16.1. The molecule has 1 heteroatoms. The fraction of sp³-hybridized carbons (Fsp3) is 0.900. The van der Waals surface area contributed by atoms with E-state index in [9.17, 15) is 4.79 Å². The van der Waals surface area contributed by atoms with E-state index in [1.807, 2.05) is 0 Å². The Balaban J connectivity index is 2.98. The lowest BCUT2D eigenvalue weighted by Crippen LogP contribution is -1.94. The van der Waals surface area contributed by atoms with Crippen molar-refractivity contribution in [3.63, 3.8) is 0 Å². The second kappa shape index (κ2) is 17.7. The van der Waals surface area contributed by atoms with Gasteiger partial charge < -0.3 is 0 Å². The van der Waals surface area contributed by atoms with Crippen LogP contribution in [0.15, 0.2) is 0 Å². The van der Waals surface area contributed by atoms with E-state index < -0.39 is 0 Å². The van der Waals surface area contributed by atoms with Crippen LogP contribution >= 0.6 is 0 Å². The topological polar surface area (TPSA) is 17.1 Å². The molecule has 0 spiro atoms. The molecule has 0 aromatic carbocycles. The highest BCUT2D eigenvalue weighted by Gasteiger charge is 1.98. The van der Waals surface area contributed by atoms with Crippen LogP contribution in [0, 0.1) is 6.92 Å². The van der Waals surface area contributed by atoms with Crippen LogP contribution in [0.1, 0.15) is 116 Å². The van der Waals surface area contributed by atoms with Gasteiger partial charge in [0.1, 0.15) is 5.78 Å². The van der Waals surface area contributed by atoms with Gasteiger partial charge in [-0.25, -0.2) is 0 Å². The summed E-state index contributed by atoms with van der Waals surface area (Å²) in [4.78, 5) is 11.1. The summed E-state index contributed by atoms with van der Waals surface area (Å²) in [7, 11) is 0. The zero-order valence-corrected chi connectivity index (χ0v) is 14.6. The van der Waals surface area contributed by atoms with Crippen molar-refractivity contribution in [3.05, 3.63) is 6.92 Å². The lowest BCUT2D eigenvalue weighted by Gasteiger charge is -2.03. The monoisotopic (exact) mass is 295 g/mol. The van der Waals surface area contributed by atoms with Crippen molar-refractivity contribution in [3.8, 4) is 0 Å². The van der Waals surface area contributed by atoms with Crippen LogP contribution in [0.4, 0.5) is 0 Å². The van der Waals surface area contributed by atoms with E-state index in [-0.39, 0.29) is 0 Å². The van der Waals surface area contributed by atoms with Gasteiger partial charge in [0.2, 0.25) is 0 Å². The largest absolute Gasteiger partial charge is 0.300 e. The van der Waals surface area contributed by atoms with Crippen molar-refractivity contribution in [2.45, 2.75) is 116 Å². The van der Waals surface area contributed by atoms with Gasteiger partial charge in [-0.3, -0.25) is 4.79 Å². The summed E-state index contributed by atoms with van der Waals surface area (Å²) >= 11 is 0. The normalized spacial score (nSPS) is 11.0. The molecule has 1 radical (unpaired) electrons. The van der Waals surface area contributed by atoms with Crippen molar-refractivity contribution in [1.82, 2.24) is 0 Å². The van der Waals surface area contributed by atoms with Gasteiger partial charge in [0.15, 0.2) is 0 Å². The average molecular weight is 296 g/mol. The molecule has 0 unspecified atom stereocenters. The molecule has 0 atom stereocenters. The van der Waals surface area contributed by atoms with E-state index in [1.54, 1.807) is 0 Å². The molecule has 0 aromatic rings. The van der Waals surface area contributed by atoms with Gasteiger partial charge in [0, 0.05) is 12.8 Å². The molecule has 0 aliphatic carbocycles. The van der Waals surface area contributed by atoms with Gasteiger partial charge in [-0.05, 0) is 13.3 Å². The molecule has 0 amide bonds. The number of Topliss-reactive ketones (excluding diaryl/α,β-unsaturated/α-hetero) is 1. The van der Waals surface area contributed by atoms with Gasteiger partial charge in [-0.2, -0.15) is 0 Å². The van der Waals surface area contributed by atoms with Crippen LogP contribution in [-0.4, -0.2) is 5.78 Å². The molecule has 0 aromatic heterocycles. The maximum absolute atomic E-state index is 11.1. The third kappa shape index (κ3) is 17.6. The summed E-state index contributed by atoms with van der Waals surface area (Å²) in [5.74, 6) is 0.324. The first kappa shape index (κ1) is 20.7. The molecule has 125 valence electrons. The Bertz CT molecular complexity index is 210. The van der Waals surface area contributed by atoms with Crippen LogP contribution in [-0.2, 0) is 4.79 Å². The van der Waals surface area contributed by atoms with E-state index in [0.717, 1.165) is 12.8 Å². The predicted octanol–water partition coefficient (Wildman–Crippen LogP) is 7.04. The first-order chi connectivity index (χ1) is 10.3. The van der Waals surface area contributed by atoms with Crippen LogP contribution < -0.4 is 0 Å². The van der Waals surface area contributed by atoms with Crippen LogP contribution in [0.25, 0.3) is 0 Å². The molecule has 0 heterocycles. The molecule has 0 saturated heterocycles. The van der Waals surface area contributed by atoms with E-state index in [2.05, 4.69) is 13.8 Å². The number of rotatable bonds is 17. The summed E-state index contributed by atoms with van der Waals surface area (Å²) < 4.78 is 0. The van der Waals surface area contributed by atoms with Gasteiger partial charge in [-0.1, -0.05) is 96.8 Å². The number of carbonyl (C=O) groups excluding carboxylic acids is 1. The van der Waals surface area contributed by atoms with Crippen molar-refractivity contribution >= 4 is 5.78 Å². The van der Waals surface area contributed by atoms with E-state index in [1.165, 1.54) is 89.9 Å². The highest BCUT2D eigenvalue weighted by Crippen LogP contribution is 2.13. The summed E-state index contributed by atoms with van der Waals surface area (Å²) in [6.45, 7) is 5.90. The highest BCUT2D eigenvalue weighted by molar-refractivity contribution is 5.78. The molecule has 0 bridgehead atoms. The smallest absolute Gasteiger partial charge is 0.132 e. The number of hydrogen-bond acceptors (Lipinski definition) is 1. The van der Waals surface area contributed by atoms with E-state index in [0.29, 0.717) is 12.2 Å². The standard InChI is InChI=1S/C20H39O/c1-3-5-6-7-8-9-10-11-12-13-14-15-16-17-18-19-20(21)4-2/h2-19H2,1H3.